The summed E-state index contributed by atoms with van der Waals surface area (Å²) in [5, 5.41) is 0. The maximum atomic E-state index is 12.9. The van der Waals surface area contributed by atoms with Crippen LogP contribution in [0.2, 0.25) is 0 Å². The molecule has 0 radical (unpaired) electrons. The maximum Gasteiger partial charge on any atom is 0.306 e. The van der Waals surface area contributed by atoms with Gasteiger partial charge in [0.05, 0.1) is 0 Å². The minimum Gasteiger partial charge on any atom is -0.462 e. The number of carbonyl (C=O) groups excluding carboxylic acids is 3. The summed E-state index contributed by atoms with van der Waals surface area (Å²) in [6.45, 7) is 6.57. The van der Waals surface area contributed by atoms with Crippen LogP contribution in [0.25, 0.3) is 0 Å². The summed E-state index contributed by atoms with van der Waals surface area (Å²) in [5.41, 5.74) is 0. The molecule has 0 saturated heterocycles. The van der Waals surface area contributed by atoms with Gasteiger partial charge in [0.25, 0.3) is 0 Å². The van der Waals surface area contributed by atoms with E-state index in [1.807, 2.05) is 0 Å². The van der Waals surface area contributed by atoms with Crippen LogP contribution in [0, 0.1) is 0 Å². The Balaban J connectivity index is 4.20. The topological polar surface area (TPSA) is 78.9 Å². The zero-order valence-electron chi connectivity index (χ0n) is 49.6. The molecule has 0 amide bonds. The van der Waals surface area contributed by atoms with Gasteiger partial charge in [-0.2, -0.15) is 0 Å². The number of ether oxygens (including phenoxy) is 3. The third-order valence-electron chi connectivity index (χ3n) is 14.6. The van der Waals surface area contributed by atoms with Gasteiger partial charge in [-0.15, -0.1) is 0 Å². The van der Waals surface area contributed by atoms with Gasteiger partial charge in [0.2, 0.25) is 0 Å². The van der Waals surface area contributed by atoms with Crippen LogP contribution in [0.5, 0.6) is 0 Å². The SMILES string of the molecule is CC/C=C\C/C=C\C/C=C\C/C=C\CCCCCCCCCCCCC(=O)OCC(COC(=O)CCCCCCCCCCCC)OC(=O)CCCCCCCCCCCCCCCCCCCCCCCCC. The zero-order valence-corrected chi connectivity index (χ0v) is 49.6. The molecular weight excluding hydrogens is 913 g/mol. The van der Waals surface area contributed by atoms with Crippen molar-refractivity contribution in [1.29, 1.82) is 0 Å². The number of hydrogen-bond acceptors (Lipinski definition) is 6. The Morgan fingerprint density at radius 2 is 0.527 bits per heavy atom. The highest BCUT2D eigenvalue weighted by Gasteiger charge is 2.19. The molecule has 0 aliphatic heterocycles. The predicted octanol–water partition coefficient (Wildman–Crippen LogP) is 22.2. The summed E-state index contributed by atoms with van der Waals surface area (Å²) in [7, 11) is 0. The normalized spacial score (nSPS) is 12.3. The molecule has 0 rings (SSSR count). The molecule has 6 nitrogen and oxygen atoms in total. The highest BCUT2D eigenvalue weighted by Crippen LogP contribution is 2.18. The molecule has 0 aromatic carbocycles. The molecule has 0 saturated carbocycles. The molecule has 432 valence electrons. The van der Waals surface area contributed by atoms with Crippen LogP contribution >= 0.6 is 0 Å². The Kier molecular flexibility index (Phi) is 60.7. The standard InChI is InChI=1S/C68H124O6/c1-4-7-10-13-16-19-22-24-26-28-30-32-34-36-38-40-42-44-46-49-52-55-58-61-67(70)73-64-65(63-72-66(69)60-57-54-51-48-21-18-15-12-9-6-3)74-68(71)62-59-56-53-50-47-45-43-41-39-37-35-33-31-29-27-25-23-20-17-14-11-8-5-2/h7,10,16,19,24,26,30,32,65H,4-6,8-9,11-15,17-18,20-23,25,27-29,31,33-64H2,1-3H3/b10-7-,19-16-,26-24-,32-30-. The van der Waals surface area contributed by atoms with Crippen molar-refractivity contribution >= 4 is 17.9 Å². The van der Waals surface area contributed by atoms with E-state index >= 15 is 0 Å². The molecule has 0 aliphatic rings. The Labute approximate surface area is 460 Å². The quantitative estimate of drug-likeness (QED) is 0.0261. The van der Waals surface area contributed by atoms with Crippen LogP contribution in [-0.4, -0.2) is 37.2 Å². The largest absolute Gasteiger partial charge is 0.462 e. The number of carbonyl (C=O) groups is 3. The minimum absolute atomic E-state index is 0.0691. The molecule has 0 N–H and O–H groups in total. The zero-order chi connectivity index (χ0) is 53.6. The van der Waals surface area contributed by atoms with E-state index in [2.05, 4.69) is 69.4 Å². The van der Waals surface area contributed by atoms with E-state index in [-0.39, 0.29) is 31.1 Å². The van der Waals surface area contributed by atoms with Crippen LogP contribution in [0.4, 0.5) is 0 Å². The Morgan fingerprint density at radius 3 is 0.824 bits per heavy atom. The molecule has 6 heteroatoms. The summed E-state index contributed by atoms with van der Waals surface area (Å²) in [4.78, 5) is 38.2. The lowest BCUT2D eigenvalue weighted by Crippen LogP contribution is -2.30. The Bertz CT molecular complexity index is 1280. The van der Waals surface area contributed by atoms with E-state index in [0.29, 0.717) is 19.3 Å². The number of rotatable bonds is 60. The molecule has 1 unspecified atom stereocenters. The summed E-state index contributed by atoms with van der Waals surface area (Å²) in [6, 6.07) is 0. The summed E-state index contributed by atoms with van der Waals surface area (Å²) in [6.07, 6.45) is 78.4. The van der Waals surface area contributed by atoms with E-state index < -0.39 is 6.10 Å². The van der Waals surface area contributed by atoms with Crippen molar-refractivity contribution in [1.82, 2.24) is 0 Å². The smallest absolute Gasteiger partial charge is 0.306 e. The van der Waals surface area contributed by atoms with Gasteiger partial charge in [-0.25, -0.2) is 0 Å². The first-order valence-electron chi connectivity index (χ1n) is 32.6. The summed E-state index contributed by atoms with van der Waals surface area (Å²) < 4.78 is 16.9. The molecule has 0 heterocycles. The fourth-order valence-corrected chi connectivity index (χ4v) is 9.73. The van der Waals surface area contributed by atoms with E-state index in [0.717, 1.165) is 83.5 Å². The van der Waals surface area contributed by atoms with Crippen LogP contribution < -0.4 is 0 Å². The molecule has 0 aromatic rings. The number of allylic oxidation sites excluding steroid dienone is 8. The van der Waals surface area contributed by atoms with Crippen LogP contribution in [-0.2, 0) is 28.6 Å². The van der Waals surface area contributed by atoms with Gasteiger partial charge in [0.1, 0.15) is 13.2 Å². The van der Waals surface area contributed by atoms with Crippen molar-refractivity contribution < 1.29 is 28.6 Å². The fraction of sp³-hybridized carbons (Fsp3) is 0.838. The lowest BCUT2D eigenvalue weighted by atomic mass is 10.0. The van der Waals surface area contributed by atoms with Crippen molar-refractivity contribution in [2.24, 2.45) is 0 Å². The highest BCUT2D eigenvalue weighted by atomic mass is 16.6. The van der Waals surface area contributed by atoms with Gasteiger partial charge < -0.3 is 14.2 Å². The lowest BCUT2D eigenvalue weighted by Gasteiger charge is -2.18. The average Bonchev–Trinajstić information content (AvgIpc) is 3.40. The summed E-state index contributed by atoms with van der Waals surface area (Å²) >= 11 is 0. The van der Waals surface area contributed by atoms with Gasteiger partial charge in [0.15, 0.2) is 6.10 Å². The Morgan fingerprint density at radius 1 is 0.284 bits per heavy atom. The molecule has 0 aromatic heterocycles. The molecule has 0 bridgehead atoms. The number of esters is 3. The van der Waals surface area contributed by atoms with Crippen molar-refractivity contribution in [3.63, 3.8) is 0 Å². The van der Waals surface area contributed by atoms with Crippen LogP contribution in [0.3, 0.4) is 0 Å². The molecule has 0 aliphatic carbocycles. The number of unbranched alkanes of at least 4 members (excludes halogenated alkanes) is 41. The van der Waals surface area contributed by atoms with Gasteiger partial charge in [-0.3, -0.25) is 14.4 Å². The van der Waals surface area contributed by atoms with Gasteiger partial charge in [-0.1, -0.05) is 320 Å². The second-order valence-corrected chi connectivity index (χ2v) is 22.0. The molecule has 0 fully saturated rings. The van der Waals surface area contributed by atoms with Crippen molar-refractivity contribution in [3.8, 4) is 0 Å². The lowest BCUT2D eigenvalue weighted by molar-refractivity contribution is -0.167. The molecule has 74 heavy (non-hydrogen) atoms. The van der Waals surface area contributed by atoms with Crippen molar-refractivity contribution in [2.45, 2.75) is 354 Å². The second-order valence-electron chi connectivity index (χ2n) is 22.0. The van der Waals surface area contributed by atoms with E-state index in [9.17, 15) is 14.4 Å². The van der Waals surface area contributed by atoms with Gasteiger partial charge >= 0.3 is 17.9 Å². The monoisotopic (exact) mass is 1040 g/mol. The van der Waals surface area contributed by atoms with Crippen molar-refractivity contribution in [3.05, 3.63) is 48.6 Å². The Hall–Kier alpha value is -2.63. The van der Waals surface area contributed by atoms with Crippen molar-refractivity contribution in [2.75, 3.05) is 13.2 Å². The first-order chi connectivity index (χ1) is 36.5. The summed E-state index contributed by atoms with van der Waals surface area (Å²) in [5.74, 6) is -0.852. The van der Waals surface area contributed by atoms with E-state index in [1.165, 1.54) is 225 Å². The predicted molar refractivity (Wildman–Crippen MR) is 321 cm³/mol. The maximum absolute atomic E-state index is 12.9. The first-order valence-corrected chi connectivity index (χ1v) is 32.6. The van der Waals surface area contributed by atoms with Crippen LogP contribution in [0.1, 0.15) is 348 Å². The first kappa shape index (κ1) is 71.4. The van der Waals surface area contributed by atoms with Gasteiger partial charge in [0, 0.05) is 19.3 Å². The van der Waals surface area contributed by atoms with Gasteiger partial charge in [-0.05, 0) is 57.8 Å². The molecular formula is C68H124O6. The molecule has 1 atom stereocenters. The average molecular weight is 1040 g/mol. The molecule has 0 spiro atoms. The highest BCUT2D eigenvalue weighted by molar-refractivity contribution is 5.71. The number of hydrogen-bond donors (Lipinski definition) is 0. The fourth-order valence-electron chi connectivity index (χ4n) is 9.73. The van der Waals surface area contributed by atoms with E-state index in [1.54, 1.807) is 0 Å². The van der Waals surface area contributed by atoms with E-state index in [4.69, 9.17) is 14.2 Å². The second kappa shape index (κ2) is 62.9. The third-order valence-corrected chi connectivity index (χ3v) is 14.6. The van der Waals surface area contributed by atoms with Crippen LogP contribution in [0.15, 0.2) is 48.6 Å². The third kappa shape index (κ3) is 60.2. The minimum atomic E-state index is -0.771.